The lowest BCUT2D eigenvalue weighted by atomic mass is 9.88. The molecule has 1 unspecified atom stereocenters. The Morgan fingerprint density at radius 3 is 2.10 bits per heavy atom. The molecule has 10 N–H and O–H groups in total. The van der Waals surface area contributed by atoms with Gasteiger partial charge in [-0.2, -0.15) is 0 Å². The van der Waals surface area contributed by atoms with Gasteiger partial charge in [0.15, 0.2) is 17.2 Å². The van der Waals surface area contributed by atoms with Crippen molar-refractivity contribution in [1.29, 1.82) is 0 Å². The predicted octanol–water partition coefficient (Wildman–Crippen LogP) is 5.40. The van der Waals surface area contributed by atoms with Gasteiger partial charge in [0.25, 0.3) is 23.6 Å². The van der Waals surface area contributed by atoms with Crippen molar-refractivity contribution in [3.63, 3.8) is 0 Å². The zero-order valence-corrected chi connectivity index (χ0v) is 53.7. The van der Waals surface area contributed by atoms with Crippen LogP contribution in [0.5, 0.6) is 28.7 Å². The molecule has 1 fully saturated rings. The molecule has 0 bridgehead atoms. The highest BCUT2D eigenvalue weighted by atomic mass is 35.5. The SMILES string of the molecule is COc1ccc2c(OS(=O)(=O)Oc3cc(C(=O)N(C)CC(C)(C)COCC(C)(C)CN(N)/C=C(\N)CC(C)(C)COCC(C)(C)CN4C(=O)C=CC4=O)ccc3O[C@@H]3O[C@H](CO)[C@H](O)[C@H](O)[C@@H]3O)cc3c(c2c1)C(CCl)CN3C(=O)c1cc2cc(O)ccc2[nH]1. The summed E-state index contributed by atoms with van der Waals surface area (Å²) in [5.41, 5.74) is 6.54. The number of aromatic nitrogens is 1. The highest BCUT2D eigenvalue weighted by Gasteiger charge is 2.46. The number of amides is 4. The quantitative estimate of drug-likeness (QED) is 0.0134. The molecule has 90 heavy (non-hydrogen) atoms. The molecule has 0 aliphatic carbocycles. The van der Waals surface area contributed by atoms with Crippen molar-refractivity contribution < 1.29 is 85.2 Å². The van der Waals surface area contributed by atoms with Crippen molar-refractivity contribution in [3.8, 4) is 28.7 Å². The number of aliphatic hydroxyl groups excluding tert-OH is 4. The zero-order valence-electron chi connectivity index (χ0n) is 52.1. The summed E-state index contributed by atoms with van der Waals surface area (Å²) < 4.78 is 69.8. The van der Waals surface area contributed by atoms with Gasteiger partial charge in [0.1, 0.15) is 41.6 Å². The first-order chi connectivity index (χ1) is 42.1. The number of allylic oxidation sites excluding steroid dienone is 1. The standard InChI is InChI=1S/C63H82ClN7O18S/c1-60(2,32-84-35-63(7,8)31-71-51(74)17-18-52(71)75)24-39(65)27-69(66)30-62(5,6)34-85-33-61(3,4)29-68(9)57(79)36-11-16-47(86-59-56(78)55(77)54(76)50(28-72)87-59)49(21-36)89-90(81,82)88-48-23-46-53(43-22-41(83-10)13-14-42(43)48)38(25-64)26-70(46)58(80)45-20-37-19-40(73)12-15-44(37)67-45/h11-23,27,38,50,54-56,59,67,72-73,76-78H,24-26,28-35,65-66H2,1-10H3/b39-27-/t38?,50-,54+,55+,56+,59-/m1/s1. The molecule has 0 saturated carbocycles. The van der Waals surface area contributed by atoms with E-state index in [4.69, 9.17) is 55.2 Å². The number of aromatic hydroxyl groups is 1. The number of aromatic amines is 1. The number of imide groups is 1. The van der Waals surface area contributed by atoms with E-state index in [0.717, 1.165) is 6.07 Å². The second kappa shape index (κ2) is 27.3. The largest absolute Gasteiger partial charge is 0.508 e. The number of ether oxygens (including phenoxy) is 5. The van der Waals surface area contributed by atoms with E-state index in [9.17, 15) is 53.1 Å². The van der Waals surface area contributed by atoms with Crippen molar-refractivity contribution >= 4 is 73.0 Å². The average Bonchev–Trinajstić information content (AvgIpc) is 1.53. The molecular formula is C63H82ClN7O18S. The first-order valence-corrected chi connectivity index (χ1v) is 31.0. The first-order valence-electron chi connectivity index (χ1n) is 29.1. The number of phenolic OH excluding ortho intramolecular Hbond substituents is 1. The van der Waals surface area contributed by atoms with Gasteiger partial charge in [-0.1, -0.05) is 55.4 Å². The second-order valence-corrected chi connectivity index (χ2v) is 27.9. The van der Waals surface area contributed by atoms with Gasteiger partial charge in [-0.3, -0.25) is 24.1 Å². The van der Waals surface area contributed by atoms with Crippen molar-refractivity contribution in [2.45, 2.75) is 98.4 Å². The molecule has 3 aliphatic rings. The van der Waals surface area contributed by atoms with E-state index in [-0.39, 0.29) is 89.8 Å². The molecule has 1 saturated heterocycles. The van der Waals surface area contributed by atoms with Gasteiger partial charge in [0.2, 0.25) is 6.29 Å². The molecule has 4 amide bonds. The number of methoxy groups -OCH3 is 1. The van der Waals surface area contributed by atoms with Crippen molar-refractivity contribution in [2.75, 3.05) is 84.2 Å². The Morgan fingerprint density at radius 2 is 1.44 bits per heavy atom. The number of H-pyrrole nitrogens is 1. The number of hydrazine groups is 1. The molecule has 4 heterocycles. The van der Waals surface area contributed by atoms with Crippen molar-refractivity contribution in [1.82, 2.24) is 19.8 Å². The van der Waals surface area contributed by atoms with Crippen LogP contribution in [0.2, 0.25) is 0 Å². The van der Waals surface area contributed by atoms with Crippen LogP contribution >= 0.6 is 11.6 Å². The number of phenols is 1. The Bertz CT molecular complexity index is 3650. The maximum absolute atomic E-state index is 14.5. The lowest BCUT2D eigenvalue weighted by Gasteiger charge is -2.39. The molecule has 6 atom stereocenters. The number of nitrogens with two attached hydrogens (primary N) is 2. The fraction of sp³-hybridized carbons (Fsp3) is 0.492. The molecule has 1 aromatic heterocycles. The first kappa shape index (κ1) is 68.7. The van der Waals surface area contributed by atoms with Crippen LogP contribution in [0.1, 0.15) is 94.1 Å². The molecule has 0 radical (unpaired) electrons. The summed E-state index contributed by atoms with van der Waals surface area (Å²) in [5, 5.41) is 54.9. The van der Waals surface area contributed by atoms with Crippen molar-refractivity contribution in [2.24, 2.45) is 33.2 Å². The minimum Gasteiger partial charge on any atom is -0.508 e. The van der Waals surface area contributed by atoms with Crippen LogP contribution in [-0.2, 0) is 34.2 Å². The Balaban J connectivity index is 0.956. The van der Waals surface area contributed by atoms with Crippen LogP contribution in [0.3, 0.4) is 0 Å². The molecule has 4 aromatic carbocycles. The number of rotatable bonds is 28. The number of halogens is 1. The van der Waals surface area contributed by atoms with Crippen LogP contribution in [0.15, 0.2) is 90.8 Å². The summed E-state index contributed by atoms with van der Waals surface area (Å²) in [5.74, 6) is 3.34. The van der Waals surface area contributed by atoms with E-state index in [2.05, 4.69) is 4.98 Å². The minimum atomic E-state index is -5.29. The van der Waals surface area contributed by atoms with E-state index in [1.54, 1.807) is 43.6 Å². The van der Waals surface area contributed by atoms with Gasteiger partial charge >= 0.3 is 10.4 Å². The number of aliphatic hydroxyl groups is 4. The number of fused-ring (bicyclic) bond motifs is 4. The maximum Gasteiger partial charge on any atom is 0.501 e. The second-order valence-electron chi connectivity index (χ2n) is 26.4. The lowest BCUT2D eigenvalue weighted by molar-refractivity contribution is -0.277. The van der Waals surface area contributed by atoms with Crippen molar-refractivity contribution in [3.05, 3.63) is 108 Å². The molecule has 490 valence electrons. The predicted molar refractivity (Wildman–Crippen MR) is 334 cm³/mol. The van der Waals surface area contributed by atoms with E-state index in [1.165, 1.54) is 69.3 Å². The van der Waals surface area contributed by atoms with Gasteiger partial charge in [-0.05, 0) is 83.4 Å². The highest BCUT2D eigenvalue weighted by molar-refractivity contribution is 7.82. The number of carbonyl (C=O) groups is 4. The number of hydrogen-bond donors (Lipinski definition) is 8. The molecule has 25 nitrogen and oxygen atoms in total. The molecule has 0 spiro atoms. The van der Waals surface area contributed by atoms with Gasteiger partial charge in [0, 0.05) is 113 Å². The van der Waals surface area contributed by atoms with Crippen LogP contribution in [0.25, 0.3) is 21.7 Å². The number of nitrogens with zero attached hydrogens (tertiary/aromatic N) is 4. The number of nitrogens with one attached hydrogen (secondary N) is 1. The fourth-order valence-electron chi connectivity index (χ4n) is 11.4. The molecular weight excluding hydrogens is 1210 g/mol. The van der Waals surface area contributed by atoms with Crippen LogP contribution < -0.4 is 34.3 Å². The van der Waals surface area contributed by atoms with E-state index >= 15 is 0 Å². The summed E-state index contributed by atoms with van der Waals surface area (Å²) in [7, 11) is -2.29. The number of anilines is 1. The topological polar surface area (TPSA) is 349 Å². The van der Waals surface area contributed by atoms with E-state index in [1.807, 2.05) is 55.4 Å². The third-order valence-electron chi connectivity index (χ3n) is 15.5. The van der Waals surface area contributed by atoms with Gasteiger partial charge in [-0.25, -0.2) is 5.84 Å². The van der Waals surface area contributed by atoms with E-state index < -0.39 is 93.2 Å². The van der Waals surface area contributed by atoms with Crippen LogP contribution in [-0.4, -0.2) is 187 Å². The zero-order chi connectivity index (χ0) is 66.0. The summed E-state index contributed by atoms with van der Waals surface area (Å²) in [6.45, 7) is 16.8. The monoisotopic (exact) mass is 1290 g/mol. The number of alkyl halides is 1. The number of carbonyl (C=O) groups excluding carboxylic acids is 4. The average molecular weight is 1290 g/mol. The summed E-state index contributed by atoms with van der Waals surface area (Å²) in [6, 6.07) is 15.9. The molecule has 27 heteroatoms. The van der Waals surface area contributed by atoms with Crippen LogP contribution in [0, 0.1) is 21.7 Å². The third kappa shape index (κ3) is 16.4. The Morgan fingerprint density at radius 1 is 0.800 bits per heavy atom. The molecule has 5 aromatic rings. The van der Waals surface area contributed by atoms with Crippen LogP contribution in [0.4, 0.5) is 5.69 Å². The minimum absolute atomic E-state index is 0.00175. The molecule has 3 aliphatic heterocycles. The number of benzene rings is 4. The third-order valence-corrected chi connectivity index (χ3v) is 16.6. The molecule has 8 rings (SSSR count). The Kier molecular flexibility index (Phi) is 20.8. The van der Waals surface area contributed by atoms with Gasteiger partial charge < -0.3 is 83.1 Å². The number of hydrogen-bond acceptors (Lipinski definition) is 21. The lowest BCUT2D eigenvalue weighted by Crippen LogP contribution is -2.60. The fourth-order valence-corrected chi connectivity index (χ4v) is 12.4. The normalized spacial score (nSPS) is 20.1. The van der Waals surface area contributed by atoms with Gasteiger partial charge in [-0.15, -0.1) is 20.0 Å². The smallest absolute Gasteiger partial charge is 0.501 e. The Labute approximate surface area is 527 Å². The van der Waals surface area contributed by atoms with Gasteiger partial charge in [0.05, 0.1) is 45.8 Å². The Hall–Kier alpha value is -7.24. The summed E-state index contributed by atoms with van der Waals surface area (Å²) in [4.78, 5) is 60.1. The maximum atomic E-state index is 14.5. The highest BCUT2D eigenvalue weighted by Crippen LogP contribution is 2.48. The summed E-state index contributed by atoms with van der Waals surface area (Å²) in [6.07, 6.45) is -4.13. The summed E-state index contributed by atoms with van der Waals surface area (Å²) >= 11 is 6.58. The van der Waals surface area contributed by atoms with E-state index in [0.29, 0.717) is 59.5 Å².